The van der Waals surface area contributed by atoms with Crippen molar-refractivity contribution < 1.29 is 13.9 Å². The van der Waals surface area contributed by atoms with Crippen molar-refractivity contribution in [3.63, 3.8) is 0 Å². The lowest BCUT2D eigenvalue weighted by atomic mass is 9.90. The van der Waals surface area contributed by atoms with Crippen molar-refractivity contribution in [1.29, 1.82) is 0 Å². The topological polar surface area (TPSA) is 50.9 Å². The average molecular weight is 367 g/mol. The monoisotopic (exact) mass is 367 g/mol. The van der Waals surface area contributed by atoms with Gasteiger partial charge in [-0.05, 0) is 18.9 Å². The van der Waals surface area contributed by atoms with E-state index in [-0.39, 0.29) is 17.4 Å². The second kappa shape index (κ2) is 7.83. The molecule has 1 aliphatic carbocycles. The van der Waals surface area contributed by atoms with Crippen molar-refractivity contribution >= 4 is 11.8 Å². The third kappa shape index (κ3) is 4.20. The average Bonchev–Trinajstić information content (AvgIpc) is 3.08. The molecule has 0 amide bonds. The third-order valence-electron chi connectivity index (χ3n) is 4.89. The molecule has 1 aliphatic rings. The minimum absolute atomic E-state index is 0.0659. The lowest BCUT2D eigenvalue weighted by Gasteiger charge is -2.37. The molecule has 136 valence electrons. The fraction of sp³-hybridized carbons (Fsp3) is 0.556. The Balaban J connectivity index is 1.89. The molecule has 2 unspecified atom stereocenters. The molecular formula is C18H23F2N3OS. The molecular weight excluding hydrogens is 344 g/mol. The van der Waals surface area contributed by atoms with Gasteiger partial charge in [0.05, 0.1) is 6.54 Å². The van der Waals surface area contributed by atoms with Crippen molar-refractivity contribution in [1.82, 2.24) is 14.8 Å². The predicted octanol–water partition coefficient (Wildman–Crippen LogP) is 3.90. The summed E-state index contributed by atoms with van der Waals surface area (Å²) in [5.74, 6) is -1.39. The van der Waals surface area contributed by atoms with Crippen LogP contribution in [-0.4, -0.2) is 30.4 Å². The number of hydrogen-bond acceptors (Lipinski definition) is 4. The van der Waals surface area contributed by atoms with E-state index in [0.29, 0.717) is 5.25 Å². The molecule has 25 heavy (non-hydrogen) atoms. The zero-order valence-corrected chi connectivity index (χ0v) is 15.1. The molecule has 0 aliphatic heterocycles. The van der Waals surface area contributed by atoms with Gasteiger partial charge in [-0.3, -0.25) is 0 Å². The van der Waals surface area contributed by atoms with Gasteiger partial charge < -0.3 is 5.11 Å². The lowest BCUT2D eigenvalue weighted by molar-refractivity contribution is 0.0131. The molecule has 2 atom stereocenters. The van der Waals surface area contributed by atoms with E-state index in [1.54, 1.807) is 11.8 Å². The van der Waals surface area contributed by atoms with Crippen LogP contribution in [0.5, 0.6) is 0 Å². The quantitative estimate of drug-likeness (QED) is 0.841. The van der Waals surface area contributed by atoms with Crippen LogP contribution in [0.1, 0.15) is 44.6 Å². The van der Waals surface area contributed by atoms with Gasteiger partial charge in [0.1, 0.15) is 29.9 Å². The Bertz CT molecular complexity index is 692. The summed E-state index contributed by atoms with van der Waals surface area (Å²) < 4.78 is 29.3. The van der Waals surface area contributed by atoms with Gasteiger partial charge >= 0.3 is 0 Å². The number of aliphatic hydroxyl groups is 1. The number of aromatic nitrogens is 3. The lowest BCUT2D eigenvalue weighted by Crippen LogP contribution is -2.42. The van der Waals surface area contributed by atoms with E-state index in [1.807, 2.05) is 6.92 Å². The van der Waals surface area contributed by atoms with E-state index < -0.39 is 17.2 Å². The van der Waals surface area contributed by atoms with E-state index in [2.05, 4.69) is 10.1 Å². The summed E-state index contributed by atoms with van der Waals surface area (Å²) in [6.07, 6.45) is 8.72. The Morgan fingerprint density at radius 1 is 1.32 bits per heavy atom. The van der Waals surface area contributed by atoms with Crippen LogP contribution in [0.3, 0.4) is 0 Å². The van der Waals surface area contributed by atoms with Crippen LogP contribution in [0.4, 0.5) is 8.78 Å². The molecule has 1 aromatic heterocycles. The molecule has 4 nitrogen and oxygen atoms in total. The summed E-state index contributed by atoms with van der Waals surface area (Å²) in [7, 11) is 0. The Labute approximate surface area is 150 Å². The van der Waals surface area contributed by atoms with Crippen LogP contribution < -0.4 is 0 Å². The normalized spacial score (nSPS) is 19.5. The number of nitrogens with zero attached hydrogens (tertiary/aromatic N) is 3. The molecule has 2 aromatic rings. The van der Waals surface area contributed by atoms with Gasteiger partial charge in [-0.2, -0.15) is 16.9 Å². The highest BCUT2D eigenvalue weighted by Gasteiger charge is 2.40. The molecule has 0 radical (unpaired) electrons. The first-order valence-electron chi connectivity index (χ1n) is 8.65. The minimum atomic E-state index is -1.51. The number of halogens is 2. The SMILES string of the molecule is CC(SC1CCCCC1)C(O)(Cn1cncn1)c1ccc(F)cc1F. The smallest absolute Gasteiger partial charge is 0.137 e. The van der Waals surface area contributed by atoms with Crippen molar-refractivity contribution in [3.8, 4) is 0 Å². The summed E-state index contributed by atoms with van der Waals surface area (Å²) in [6, 6.07) is 3.34. The Morgan fingerprint density at radius 3 is 2.72 bits per heavy atom. The number of benzene rings is 1. The summed E-state index contributed by atoms with van der Waals surface area (Å²) in [6.45, 7) is 1.97. The van der Waals surface area contributed by atoms with Gasteiger partial charge in [0.25, 0.3) is 0 Å². The van der Waals surface area contributed by atoms with Crippen LogP contribution >= 0.6 is 11.8 Å². The Hall–Kier alpha value is -1.47. The van der Waals surface area contributed by atoms with Crippen molar-refractivity contribution in [3.05, 3.63) is 48.1 Å². The van der Waals surface area contributed by atoms with Crippen LogP contribution in [0, 0.1) is 11.6 Å². The zero-order valence-electron chi connectivity index (χ0n) is 14.2. The van der Waals surface area contributed by atoms with E-state index in [4.69, 9.17) is 0 Å². The van der Waals surface area contributed by atoms with Crippen LogP contribution in [0.2, 0.25) is 0 Å². The number of rotatable bonds is 6. The first-order valence-corrected chi connectivity index (χ1v) is 9.59. The first-order chi connectivity index (χ1) is 12.0. The fourth-order valence-corrected chi connectivity index (χ4v) is 5.05. The first kappa shape index (κ1) is 18.3. The number of hydrogen-bond donors (Lipinski definition) is 1. The fourth-order valence-electron chi connectivity index (χ4n) is 3.44. The Kier molecular flexibility index (Phi) is 5.74. The third-order valence-corrected chi connectivity index (χ3v) is 6.54. The maximum absolute atomic E-state index is 14.5. The largest absolute Gasteiger partial charge is 0.382 e. The Morgan fingerprint density at radius 2 is 2.08 bits per heavy atom. The summed E-state index contributed by atoms with van der Waals surface area (Å²) >= 11 is 1.69. The highest BCUT2D eigenvalue weighted by Crippen LogP contribution is 2.41. The van der Waals surface area contributed by atoms with Crippen LogP contribution in [0.25, 0.3) is 0 Å². The van der Waals surface area contributed by atoms with E-state index >= 15 is 0 Å². The molecule has 1 heterocycles. The van der Waals surface area contributed by atoms with Crippen molar-refractivity contribution in [2.45, 2.75) is 61.7 Å². The number of thioether (sulfide) groups is 1. The van der Waals surface area contributed by atoms with Crippen molar-refractivity contribution in [2.24, 2.45) is 0 Å². The molecule has 1 saturated carbocycles. The van der Waals surface area contributed by atoms with Crippen LogP contribution in [-0.2, 0) is 12.1 Å². The van der Waals surface area contributed by atoms with Crippen molar-refractivity contribution in [2.75, 3.05) is 0 Å². The maximum atomic E-state index is 14.5. The second-order valence-electron chi connectivity index (χ2n) is 6.68. The van der Waals surface area contributed by atoms with Gasteiger partial charge in [0, 0.05) is 22.1 Å². The van der Waals surface area contributed by atoms with E-state index in [1.165, 1.54) is 48.7 Å². The summed E-state index contributed by atoms with van der Waals surface area (Å²) in [5, 5.41) is 15.7. The molecule has 3 rings (SSSR count). The van der Waals surface area contributed by atoms with E-state index in [9.17, 15) is 13.9 Å². The van der Waals surface area contributed by atoms with E-state index in [0.717, 1.165) is 18.9 Å². The maximum Gasteiger partial charge on any atom is 0.137 e. The van der Waals surface area contributed by atoms with Gasteiger partial charge in [-0.15, -0.1) is 0 Å². The molecule has 0 saturated heterocycles. The summed E-state index contributed by atoms with van der Waals surface area (Å²) in [5.41, 5.74) is -1.41. The minimum Gasteiger partial charge on any atom is -0.382 e. The van der Waals surface area contributed by atoms with Gasteiger partial charge in [-0.1, -0.05) is 32.3 Å². The highest BCUT2D eigenvalue weighted by molar-refractivity contribution is 8.00. The zero-order chi connectivity index (χ0) is 17.9. The molecule has 1 fully saturated rings. The predicted molar refractivity (Wildman–Crippen MR) is 94.2 cm³/mol. The summed E-state index contributed by atoms with van der Waals surface area (Å²) in [4.78, 5) is 3.89. The van der Waals surface area contributed by atoms with Gasteiger partial charge in [0.2, 0.25) is 0 Å². The standard InChI is InChI=1S/C18H23F2N3OS/c1-13(25-15-5-3-2-4-6-15)18(24,10-23-12-21-11-22-23)16-8-7-14(19)9-17(16)20/h7-9,11-13,15,24H,2-6,10H2,1H3. The highest BCUT2D eigenvalue weighted by atomic mass is 32.2. The molecule has 0 bridgehead atoms. The second-order valence-corrected chi connectivity index (χ2v) is 8.33. The molecule has 1 aromatic carbocycles. The molecule has 7 heteroatoms. The van der Waals surface area contributed by atoms with Gasteiger partial charge in [0.15, 0.2) is 0 Å². The molecule has 0 spiro atoms. The van der Waals surface area contributed by atoms with Gasteiger partial charge in [-0.25, -0.2) is 18.4 Å². The van der Waals surface area contributed by atoms with Crippen LogP contribution in [0.15, 0.2) is 30.9 Å². The molecule has 1 N–H and O–H groups in total.